The molecule has 0 bridgehead atoms. The summed E-state index contributed by atoms with van der Waals surface area (Å²) in [6, 6.07) is 3.38. The first-order valence-corrected chi connectivity index (χ1v) is 8.62. The van der Waals surface area contributed by atoms with E-state index in [0.717, 1.165) is 29.7 Å². The van der Waals surface area contributed by atoms with E-state index in [4.69, 9.17) is 4.74 Å². The van der Waals surface area contributed by atoms with E-state index in [1.54, 1.807) is 17.1 Å². The molecule has 2 heterocycles. The number of hydrogen-bond acceptors (Lipinski definition) is 4. The quantitative estimate of drug-likeness (QED) is 0.721. The Morgan fingerprint density at radius 3 is 2.92 bits per heavy atom. The van der Waals surface area contributed by atoms with Crippen molar-refractivity contribution in [2.75, 3.05) is 6.61 Å². The molecule has 2 rings (SSSR count). The van der Waals surface area contributed by atoms with Crippen LogP contribution in [-0.2, 0) is 13.6 Å². The molecule has 7 heteroatoms. The van der Waals surface area contributed by atoms with Gasteiger partial charge in [-0.15, -0.1) is 0 Å². The standard InChI is InChI=1S/C18H27N5O2/c1-5-6-10-25-17-15(8-7-9-19-17)11-20-18(24)22-13(2)16-12-21-23(4)14(16)3/h7-9,12-13H,5-6,10-11H2,1-4H3,(H2,20,22,24)/t13-/m1/s1. The first-order valence-electron chi connectivity index (χ1n) is 8.62. The second kappa shape index (κ2) is 9.05. The number of pyridine rings is 1. The van der Waals surface area contributed by atoms with Gasteiger partial charge in [0, 0.05) is 36.6 Å². The smallest absolute Gasteiger partial charge is 0.315 e. The van der Waals surface area contributed by atoms with Gasteiger partial charge in [-0.2, -0.15) is 5.10 Å². The van der Waals surface area contributed by atoms with Gasteiger partial charge in [0.15, 0.2) is 0 Å². The number of rotatable bonds is 8. The number of urea groups is 1. The van der Waals surface area contributed by atoms with E-state index in [1.807, 2.05) is 33.0 Å². The van der Waals surface area contributed by atoms with E-state index < -0.39 is 0 Å². The molecule has 136 valence electrons. The molecular formula is C18H27N5O2. The minimum absolute atomic E-state index is 0.122. The Morgan fingerprint density at radius 1 is 1.44 bits per heavy atom. The minimum atomic E-state index is -0.237. The highest BCUT2D eigenvalue weighted by Crippen LogP contribution is 2.16. The molecule has 0 aliphatic rings. The summed E-state index contributed by atoms with van der Waals surface area (Å²) < 4.78 is 7.48. The normalized spacial score (nSPS) is 11.8. The van der Waals surface area contributed by atoms with Crippen LogP contribution in [0.15, 0.2) is 24.5 Å². The molecule has 0 aromatic carbocycles. The van der Waals surface area contributed by atoms with Gasteiger partial charge in [0.25, 0.3) is 0 Å². The van der Waals surface area contributed by atoms with Crippen LogP contribution in [0.2, 0.25) is 0 Å². The number of hydrogen-bond donors (Lipinski definition) is 2. The first-order chi connectivity index (χ1) is 12.0. The Morgan fingerprint density at radius 2 is 2.24 bits per heavy atom. The summed E-state index contributed by atoms with van der Waals surface area (Å²) >= 11 is 0. The van der Waals surface area contributed by atoms with Gasteiger partial charge in [-0.1, -0.05) is 19.4 Å². The van der Waals surface area contributed by atoms with Crippen molar-refractivity contribution in [2.45, 2.75) is 46.2 Å². The predicted octanol–water partition coefficient (Wildman–Crippen LogP) is 2.86. The molecule has 1 atom stereocenters. The molecule has 0 radical (unpaired) electrons. The Bertz CT molecular complexity index is 699. The van der Waals surface area contributed by atoms with Crippen molar-refractivity contribution in [3.05, 3.63) is 41.3 Å². The van der Waals surface area contributed by atoms with Crippen LogP contribution >= 0.6 is 0 Å². The molecule has 0 unspecified atom stereocenters. The van der Waals surface area contributed by atoms with Crippen LogP contribution < -0.4 is 15.4 Å². The zero-order valence-electron chi connectivity index (χ0n) is 15.4. The molecule has 0 fully saturated rings. The fraction of sp³-hybridized carbons (Fsp3) is 0.500. The van der Waals surface area contributed by atoms with Gasteiger partial charge >= 0.3 is 6.03 Å². The predicted molar refractivity (Wildman–Crippen MR) is 96.4 cm³/mol. The number of nitrogens with one attached hydrogen (secondary N) is 2. The molecule has 0 spiro atoms. The average molecular weight is 345 g/mol. The van der Waals surface area contributed by atoms with E-state index in [1.165, 1.54) is 0 Å². The third-order valence-corrected chi connectivity index (χ3v) is 4.11. The van der Waals surface area contributed by atoms with Crippen molar-refractivity contribution in [1.29, 1.82) is 0 Å². The van der Waals surface area contributed by atoms with Gasteiger partial charge in [0.2, 0.25) is 5.88 Å². The SMILES string of the molecule is CCCCOc1ncccc1CNC(=O)N[C@H](C)c1cnn(C)c1C. The molecule has 2 aromatic rings. The lowest BCUT2D eigenvalue weighted by Gasteiger charge is -2.15. The van der Waals surface area contributed by atoms with E-state index in [0.29, 0.717) is 19.0 Å². The third kappa shape index (κ3) is 5.20. The minimum Gasteiger partial charge on any atom is -0.477 e. The monoisotopic (exact) mass is 345 g/mol. The van der Waals surface area contributed by atoms with Gasteiger partial charge in [0.1, 0.15) is 0 Å². The number of aromatic nitrogens is 3. The summed E-state index contributed by atoms with van der Waals surface area (Å²) in [5, 5.41) is 9.99. The van der Waals surface area contributed by atoms with Crippen LogP contribution in [-0.4, -0.2) is 27.4 Å². The van der Waals surface area contributed by atoms with Crippen molar-refractivity contribution in [3.63, 3.8) is 0 Å². The molecule has 2 amide bonds. The summed E-state index contributed by atoms with van der Waals surface area (Å²) in [6.45, 7) is 7.02. The van der Waals surface area contributed by atoms with E-state index in [2.05, 4.69) is 27.6 Å². The highest BCUT2D eigenvalue weighted by atomic mass is 16.5. The van der Waals surface area contributed by atoms with E-state index in [-0.39, 0.29) is 12.1 Å². The van der Waals surface area contributed by atoms with E-state index >= 15 is 0 Å². The van der Waals surface area contributed by atoms with Crippen molar-refractivity contribution in [2.24, 2.45) is 7.05 Å². The summed E-state index contributed by atoms with van der Waals surface area (Å²) in [4.78, 5) is 16.4. The highest BCUT2D eigenvalue weighted by Gasteiger charge is 2.15. The van der Waals surface area contributed by atoms with E-state index in [9.17, 15) is 4.79 Å². The number of ether oxygens (including phenoxy) is 1. The molecule has 0 saturated carbocycles. The Hall–Kier alpha value is -2.57. The maximum Gasteiger partial charge on any atom is 0.315 e. The molecule has 25 heavy (non-hydrogen) atoms. The fourth-order valence-corrected chi connectivity index (χ4v) is 2.44. The van der Waals surface area contributed by atoms with Gasteiger partial charge < -0.3 is 15.4 Å². The molecular weight excluding hydrogens is 318 g/mol. The van der Waals surface area contributed by atoms with Crippen molar-refractivity contribution < 1.29 is 9.53 Å². The number of unbranched alkanes of at least 4 members (excludes halogenated alkanes) is 1. The lowest BCUT2D eigenvalue weighted by atomic mass is 10.1. The van der Waals surface area contributed by atoms with Crippen LogP contribution in [0, 0.1) is 6.92 Å². The highest BCUT2D eigenvalue weighted by molar-refractivity contribution is 5.74. The Balaban J connectivity index is 1.88. The maximum absolute atomic E-state index is 12.2. The number of carbonyl (C=O) groups excluding carboxylic acids is 1. The fourth-order valence-electron chi connectivity index (χ4n) is 2.44. The van der Waals surface area contributed by atoms with Gasteiger partial charge in [-0.3, -0.25) is 4.68 Å². The lowest BCUT2D eigenvalue weighted by molar-refractivity contribution is 0.237. The zero-order valence-corrected chi connectivity index (χ0v) is 15.4. The second-order valence-corrected chi connectivity index (χ2v) is 6.03. The van der Waals surface area contributed by atoms with Gasteiger partial charge in [-0.05, 0) is 26.3 Å². The molecule has 2 aromatic heterocycles. The number of nitrogens with zero attached hydrogens (tertiary/aromatic N) is 3. The third-order valence-electron chi connectivity index (χ3n) is 4.11. The van der Waals surface area contributed by atoms with Crippen molar-refractivity contribution >= 4 is 6.03 Å². The number of carbonyl (C=O) groups is 1. The molecule has 2 N–H and O–H groups in total. The van der Waals surface area contributed by atoms with Crippen LogP contribution in [0.1, 0.15) is 49.6 Å². The molecule has 0 aliphatic heterocycles. The maximum atomic E-state index is 12.2. The summed E-state index contributed by atoms with van der Waals surface area (Å²) in [6.07, 6.45) is 5.51. The summed E-state index contributed by atoms with van der Waals surface area (Å²) in [5.74, 6) is 0.576. The zero-order chi connectivity index (χ0) is 18.2. The molecule has 7 nitrogen and oxygen atoms in total. The molecule has 0 aliphatic carbocycles. The second-order valence-electron chi connectivity index (χ2n) is 6.03. The lowest BCUT2D eigenvalue weighted by Crippen LogP contribution is -2.36. The van der Waals surface area contributed by atoms with Crippen LogP contribution in [0.4, 0.5) is 4.79 Å². The Kier molecular flexibility index (Phi) is 6.80. The number of aryl methyl sites for hydroxylation is 1. The number of amides is 2. The summed E-state index contributed by atoms with van der Waals surface area (Å²) in [7, 11) is 1.88. The summed E-state index contributed by atoms with van der Waals surface area (Å²) in [5.41, 5.74) is 2.90. The topological polar surface area (TPSA) is 81.1 Å². The largest absolute Gasteiger partial charge is 0.477 e. The Labute approximate surface area is 148 Å². The van der Waals surface area contributed by atoms with Crippen LogP contribution in [0.25, 0.3) is 0 Å². The average Bonchev–Trinajstić information content (AvgIpc) is 2.93. The van der Waals surface area contributed by atoms with Gasteiger partial charge in [-0.25, -0.2) is 9.78 Å². The van der Waals surface area contributed by atoms with Crippen LogP contribution in [0.3, 0.4) is 0 Å². The van der Waals surface area contributed by atoms with Gasteiger partial charge in [0.05, 0.1) is 18.8 Å². The molecule has 0 saturated heterocycles. The van der Waals surface area contributed by atoms with Crippen LogP contribution in [0.5, 0.6) is 5.88 Å². The first kappa shape index (κ1) is 18.8. The van der Waals surface area contributed by atoms with Crippen molar-refractivity contribution in [1.82, 2.24) is 25.4 Å². The van der Waals surface area contributed by atoms with Crippen molar-refractivity contribution in [3.8, 4) is 5.88 Å².